The fourth-order valence-corrected chi connectivity index (χ4v) is 6.67. The van der Waals surface area contributed by atoms with Gasteiger partial charge in [-0.2, -0.15) is 0 Å². The average Bonchev–Trinajstić information content (AvgIpc) is 2.88. The fraction of sp³-hybridized carbons (Fsp3) is 0.600. The third-order valence-corrected chi connectivity index (χ3v) is 10.2. The molecule has 0 aromatic heterocycles. The second-order valence-electron chi connectivity index (χ2n) is 14.3. The molecule has 6 aliphatic rings. The molecule has 4 fully saturated rings. The second kappa shape index (κ2) is 16.4. The summed E-state index contributed by atoms with van der Waals surface area (Å²) in [5.41, 5.74) is 9.40. The quantitative estimate of drug-likeness (QED) is 0.210. The van der Waals surface area contributed by atoms with Crippen LogP contribution in [0, 0.1) is 34.5 Å². The summed E-state index contributed by atoms with van der Waals surface area (Å²) >= 11 is 0. The average molecular weight is 545 g/mol. The van der Waals surface area contributed by atoms with Gasteiger partial charge in [-0.25, -0.2) is 0 Å². The van der Waals surface area contributed by atoms with Crippen molar-refractivity contribution < 1.29 is 0 Å². The first kappa shape index (κ1) is 35.9. The highest BCUT2D eigenvalue weighted by Gasteiger charge is 2.51. The summed E-state index contributed by atoms with van der Waals surface area (Å²) in [5, 5.41) is 0. The Morgan fingerprint density at radius 2 is 1.43 bits per heavy atom. The van der Waals surface area contributed by atoms with Gasteiger partial charge in [-0.3, -0.25) is 0 Å². The SMILES string of the molecule is C=C/C(C)=C/CCC(=C)C.C=C1CCC2CC1C2(C)C.C=CC(=C)CCC=C(C)C.CC1=CCC2CC1C2(C)C. The minimum atomic E-state index is 0.606. The largest absolute Gasteiger partial charge is 0.100 e. The van der Waals surface area contributed by atoms with Gasteiger partial charge in [0.2, 0.25) is 0 Å². The number of fused-ring (bicyclic) bond motifs is 3. The molecule has 40 heavy (non-hydrogen) atoms. The Balaban J connectivity index is 0.000000267. The van der Waals surface area contributed by atoms with Crippen LogP contribution in [0.3, 0.4) is 0 Å². The van der Waals surface area contributed by atoms with E-state index in [-0.39, 0.29) is 0 Å². The third kappa shape index (κ3) is 10.7. The number of hydrogen-bond donors (Lipinski definition) is 0. The standard InChI is InChI=1S/4C10H16/c2*1-7-4-5-8-6-9(7)10(8,2)3;2*1-5-10(4)8-6-7-9(2)3/h4,8-9H,5-6H2,1-3H3;8-9H,1,4-6H2,2-3H3;5,7H,1,4,6,8H2,2-3H3;5,8H,1-2,6-7H2,3-4H3/b;;;10-8+. The molecule has 4 unspecified atom stereocenters. The van der Waals surface area contributed by atoms with Crippen molar-refractivity contribution in [1.82, 2.24) is 0 Å². The van der Waals surface area contributed by atoms with E-state index in [0.717, 1.165) is 54.9 Å². The van der Waals surface area contributed by atoms with Crippen molar-refractivity contribution in [1.29, 1.82) is 0 Å². The van der Waals surface area contributed by atoms with Crippen molar-refractivity contribution in [3.8, 4) is 0 Å². The van der Waals surface area contributed by atoms with Crippen LogP contribution in [0.2, 0.25) is 0 Å². The summed E-state index contributed by atoms with van der Waals surface area (Å²) < 4.78 is 0. The lowest BCUT2D eigenvalue weighted by Gasteiger charge is -2.57. The van der Waals surface area contributed by atoms with E-state index in [2.05, 4.69) is 113 Å². The molecule has 0 heterocycles. The smallest absolute Gasteiger partial charge is 0.0149 e. The Kier molecular flexibility index (Phi) is 14.7. The molecule has 6 aliphatic carbocycles. The van der Waals surface area contributed by atoms with Crippen LogP contribution in [-0.4, -0.2) is 0 Å². The zero-order chi connectivity index (χ0) is 30.7. The van der Waals surface area contributed by atoms with Gasteiger partial charge in [0.05, 0.1) is 0 Å². The molecule has 0 spiro atoms. The van der Waals surface area contributed by atoms with E-state index in [9.17, 15) is 0 Å². The van der Waals surface area contributed by atoms with Gasteiger partial charge in [-0.05, 0) is 127 Å². The maximum Gasteiger partial charge on any atom is -0.0149 e. The highest BCUT2D eigenvalue weighted by molar-refractivity contribution is 5.21. The summed E-state index contributed by atoms with van der Waals surface area (Å²) in [6, 6.07) is 0. The van der Waals surface area contributed by atoms with Gasteiger partial charge in [0, 0.05) is 0 Å². The Labute approximate surface area is 250 Å². The molecule has 0 nitrogen and oxygen atoms in total. The first-order chi connectivity index (χ1) is 18.6. The molecule has 4 bridgehead atoms. The number of rotatable bonds is 8. The van der Waals surface area contributed by atoms with Gasteiger partial charge in [0.25, 0.3) is 0 Å². The Hall–Kier alpha value is -2.08. The molecule has 0 aromatic carbocycles. The maximum atomic E-state index is 4.13. The topological polar surface area (TPSA) is 0 Å². The molecule has 224 valence electrons. The monoisotopic (exact) mass is 545 g/mol. The third-order valence-electron chi connectivity index (χ3n) is 10.2. The van der Waals surface area contributed by atoms with E-state index in [0.29, 0.717) is 10.8 Å². The molecule has 0 N–H and O–H groups in total. The van der Waals surface area contributed by atoms with E-state index >= 15 is 0 Å². The van der Waals surface area contributed by atoms with Crippen LogP contribution < -0.4 is 0 Å². The molecule has 4 saturated carbocycles. The van der Waals surface area contributed by atoms with Crippen LogP contribution in [0.1, 0.15) is 120 Å². The molecule has 4 atom stereocenters. The molecular weight excluding hydrogens is 480 g/mol. The summed E-state index contributed by atoms with van der Waals surface area (Å²) in [6.45, 7) is 39.3. The molecule has 0 radical (unpaired) electrons. The van der Waals surface area contributed by atoms with Gasteiger partial charge < -0.3 is 0 Å². The van der Waals surface area contributed by atoms with Crippen molar-refractivity contribution in [3.63, 3.8) is 0 Å². The summed E-state index contributed by atoms with van der Waals surface area (Å²) in [5.74, 6) is 3.81. The van der Waals surface area contributed by atoms with Crippen molar-refractivity contribution >= 4 is 0 Å². The molecule has 0 aliphatic heterocycles. The Morgan fingerprint density at radius 1 is 0.850 bits per heavy atom. The van der Waals surface area contributed by atoms with Gasteiger partial charge in [-0.1, -0.05) is 118 Å². The van der Waals surface area contributed by atoms with Crippen LogP contribution >= 0.6 is 0 Å². The molecule has 0 heteroatoms. The molecule has 0 amide bonds. The lowest BCUT2D eigenvalue weighted by Crippen LogP contribution is -2.48. The van der Waals surface area contributed by atoms with Gasteiger partial charge in [-0.15, -0.1) is 6.58 Å². The molecular formula is C40H64. The van der Waals surface area contributed by atoms with Crippen molar-refractivity contribution in [2.45, 2.75) is 120 Å². The van der Waals surface area contributed by atoms with Crippen molar-refractivity contribution in [3.05, 3.63) is 96.7 Å². The van der Waals surface area contributed by atoms with Gasteiger partial charge in [0.1, 0.15) is 0 Å². The normalized spacial score (nSPS) is 26.2. The molecule has 6 rings (SSSR count). The lowest BCUT2D eigenvalue weighted by atomic mass is 9.47. The number of allylic oxidation sites excluding steroid dienone is 11. The van der Waals surface area contributed by atoms with Crippen LogP contribution in [0.4, 0.5) is 0 Å². The Bertz CT molecular complexity index is 977. The fourth-order valence-electron chi connectivity index (χ4n) is 6.67. The van der Waals surface area contributed by atoms with Crippen LogP contribution in [0.15, 0.2) is 96.7 Å². The second-order valence-corrected chi connectivity index (χ2v) is 14.3. The minimum absolute atomic E-state index is 0.606. The highest BCUT2D eigenvalue weighted by Crippen LogP contribution is 2.61. The maximum absolute atomic E-state index is 4.13. The zero-order valence-electron chi connectivity index (χ0n) is 28.1. The molecule has 0 saturated heterocycles. The predicted octanol–water partition coefficient (Wildman–Crippen LogP) is 12.9. The minimum Gasteiger partial charge on any atom is -0.100 e. The highest BCUT2D eigenvalue weighted by atomic mass is 14.6. The van der Waals surface area contributed by atoms with E-state index in [1.807, 2.05) is 12.2 Å². The summed E-state index contributed by atoms with van der Waals surface area (Å²) in [6.07, 6.45) is 21.8. The van der Waals surface area contributed by atoms with E-state index in [4.69, 9.17) is 0 Å². The van der Waals surface area contributed by atoms with Crippen molar-refractivity contribution in [2.75, 3.05) is 0 Å². The van der Waals surface area contributed by atoms with Crippen LogP contribution in [0.5, 0.6) is 0 Å². The van der Waals surface area contributed by atoms with Crippen molar-refractivity contribution in [2.24, 2.45) is 34.5 Å². The number of hydrogen-bond acceptors (Lipinski definition) is 0. The van der Waals surface area contributed by atoms with Crippen LogP contribution in [-0.2, 0) is 0 Å². The van der Waals surface area contributed by atoms with E-state index in [1.165, 1.54) is 54.4 Å². The van der Waals surface area contributed by atoms with Crippen LogP contribution in [0.25, 0.3) is 0 Å². The van der Waals surface area contributed by atoms with E-state index in [1.54, 1.807) is 5.57 Å². The van der Waals surface area contributed by atoms with E-state index < -0.39 is 0 Å². The summed E-state index contributed by atoms with van der Waals surface area (Å²) in [4.78, 5) is 0. The Morgan fingerprint density at radius 3 is 1.77 bits per heavy atom. The summed E-state index contributed by atoms with van der Waals surface area (Å²) in [7, 11) is 0. The first-order valence-corrected chi connectivity index (χ1v) is 15.8. The predicted molar refractivity (Wildman–Crippen MR) is 184 cm³/mol. The zero-order valence-corrected chi connectivity index (χ0v) is 28.1. The van der Waals surface area contributed by atoms with Gasteiger partial charge in [0.15, 0.2) is 0 Å². The lowest BCUT2D eigenvalue weighted by molar-refractivity contribution is -0.0273. The van der Waals surface area contributed by atoms with Gasteiger partial charge >= 0.3 is 0 Å². The molecule has 0 aromatic rings. The first-order valence-electron chi connectivity index (χ1n) is 15.8.